The third-order valence-electron chi connectivity index (χ3n) is 12.5. The van der Waals surface area contributed by atoms with Crippen molar-refractivity contribution in [2.45, 2.75) is 99.0 Å². The number of carbonyl (C=O) groups is 3. The highest BCUT2D eigenvalue weighted by Gasteiger charge is 2.35. The van der Waals surface area contributed by atoms with Crippen LogP contribution in [0.2, 0.25) is 5.02 Å². The molecule has 3 N–H and O–H groups in total. The summed E-state index contributed by atoms with van der Waals surface area (Å²) in [5, 5.41) is 21.8. The van der Waals surface area contributed by atoms with Crippen LogP contribution in [0, 0.1) is 24.7 Å². The van der Waals surface area contributed by atoms with Gasteiger partial charge in [-0.25, -0.2) is 0 Å². The van der Waals surface area contributed by atoms with Gasteiger partial charge in [-0.05, 0) is 94.4 Å². The lowest BCUT2D eigenvalue weighted by atomic mass is 9.80. The van der Waals surface area contributed by atoms with Crippen molar-refractivity contribution in [2.75, 3.05) is 85.4 Å². The molecule has 4 heterocycles. The fraction of sp³-hybridized carbons (Fsp3) is 0.588. The van der Waals surface area contributed by atoms with Gasteiger partial charge in [-0.3, -0.25) is 29.5 Å². The number of aliphatic hydroxyl groups is 1. The number of aliphatic carboxylic acids is 1. The molecule has 1 saturated heterocycles. The molecule has 7 rings (SSSR count). The topological polar surface area (TPSA) is 141 Å². The number of nitrogens with one attached hydrogen (secondary N) is 1. The van der Waals surface area contributed by atoms with Gasteiger partial charge in [0, 0.05) is 88.2 Å². The van der Waals surface area contributed by atoms with Crippen molar-refractivity contribution in [3.8, 4) is 11.1 Å². The summed E-state index contributed by atoms with van der Waals surface area (Å²) in [6, 6.07) is 12.6. The molecule has 2 aromatic rings. The Morgan fingerprint density at radius 3 is 2.20 bits per heavy atom. The lowest BCUT2D eigenvalue weighted by molar-refractivity contribution is -0.143. The van der Waals surface area contributed by atoms with Crippen LogP contribution in [0.15, 0.2) is 69.0 Å². The molecule has 1 aliphatic carbocycles. The molecule has 13 heteroatoms. The number of nitrogens with zero attached hydrogens (tertiary/aromatic N) is 6. The maximum absolute atomic E-state index is 11.0. The molecule has 0 aromatic heterocycles. The Hall–Kier alpha value is -4.20. The molecule has 5 aliphatic rings. The van der Waals surface area contributed by atoms with E-state index in [1.165, 1.54) is 28.8 Å². The lowest BCUT2D eigenvalue weighted by Crippen LogP contribution is -2.51. The first kappa shape index (κ1) is 54.1. The Morgan fingerprint density at radius 2 is 1.62 bits per heavy atom. The van der Waals surface area contributed by atoms with Crippen LogP contribution in [-0.4, -0.2) is 147 Å². The van der Waals surface area contributed by atoms with Gasteiger partial charge in [-0.1, -0.05) is 83.0 Å². The number of carbonyl (C=O) groups excluding carboxylic acids is 2. The van der Waals surface area contributed by atoms with E-state index in [9.17, 15) is 14.4 Å². The van der Waals surface area contributed by atoms with Gasteiger partial charge >= 0.3 is 5.97 Å². The molecule has 354 valence electrons. The molecule has 12 nitrogen and oxygen atoms in total. The normalized spacial score (nSPS) is 20.9. The maximum Gasteiger partial charge on any atom is 0.306 e. The molecule has 2 fully saturated rings. The predicted molar refractivity (Wildman–Crippen MR) is 266 cm³/mol. The number of hydrogen-bond donors (Lipinski definition) is 3. The summed E-state index contributed by atoms with van der Waals surface area (Å²) >= 11 is 6.97. The van der Waals surface area contributed by atoms with Crippen LogP contribution in [0.25, 0.3) is 11.1 Å². The summed E-state index contributed by atoms with van der Waals surface area (Å²) in [6.07, 6.45) is 9.59. The highest BCUT2D eigenvalue weighted by molar-refractivity contribution is 6.37. The van der Waals surface area contributed by atoms with Crippen LogP contribution in [0.3, 0.4) is 0 Å². The standard InChI is InChI=1S/C23H26ClN3.C18H29N3O3.C5H9NO2.C3H8.C2H6/c1-5-15-19-12-27(4)13-21(19)26-23(15)18-10-6-9-17(22(18)24)16-8-7-11-20(25-3)14(16)2;1-19-16-13-21(10-8-17(16)20(2)11-12-22)9-7-14-3-5-15(6-4-14)18(23)24;7-2-1-6-3-5(8)4-6;1-3-2;1-2/h6-11,15,25H,5,12-13H2,1-4H3;12,14-15H,1,3-11,13H2,2H3,(H,23,24);2,5,8H,1,3-4H2;3H2,1-2H3;1-2H3. The Balaban J connectivity index is 0.000000269. The van der Waals surface area contributed by atoms with Gasteiger partial charge in [0.1, 0.15) is 12.6 Å². The van der Waals surface area contributed by atoms with Gasteiger partial charge in [0.2, 0.25) is 0 Å². The van der Waals surface area contributed by atoms with E-state index in [2.05, 4.69) is 98.0 Å². The number of rotatable bonds is 14. The zero-order valence-electron chi connectivity index (χ0n) is 40.3. The van der Waals surface area contributed by atoms with E-state index in [1.807, 2.05) is 37.7 Å². The second kappa shape index (κ2) is 28.0. The van der Waals surface area contributed by atoms with E-state index in [1.54, 1.807) is 0 Å². The van der Waals surface area contributed by atoms with E-state index < -0.39 is 5.97 Å². The molecule has 0 spiro atoms. The van der Waals surface area contributed by atoms with Crippen LogP contribution in [0.1, 0.15) is 97.1 Å². The van der Waals surface area contributed by atoms with Crippen LogP contribution < -0.4 is 5.32 Å². The number of aldehydes is 2. The summed E-state index contributed by atoms with van der Waals surface area (Å²) in [5.41, 5.74) is 11.6. The number of aliphatic hydroxyl groups excluding tert-OH is 1. The zero-order valence-corrected chi connectivity index (χ0v) is 41.1. The van der Waals surface area contributed by atoms with Gasteiger partial charge in [0.25, 0.3) is 0 Å². The fourth-order valence-electron chi connectivity index (χ4n) is 9.04. The monoisotopic (exact) mass is 904 g/mol. The number of benzene rings is 2. The highest BCUT2D eigenvalue weighted by atomic mass is 35.5. The minimum Gasteiger partial charge on any atom is -0.481 e. The smallest absolute Gasteiger partial charge is 0.306 e. The largest absolute Gasteiger partial charge is 0.481 e. The van der Waals surface area contributed by atoms with E-state index in [4.69, 9.17) is 26.8 Å². The van der Waals surface area contributed by atoms with Crippen molar-refractivity contribution in [2.24, 2.45) is 27.7 Å². The molecule has 0 amide bonds. The van der Waals surface area contributed by atoms with Gasteiger partial charge in [0.15, 0.2) is 0 Å². The molecule has 0 radical (unpaired) electrons. The summed E-state index contributed by atoms with van der Waals surface area (Å²) in [6.45, 7) is 23.2. The first-order valence-corrected chi connectivity index (χ1v) is 23.9. The van der Waals surface area contributed by atoms with Crippen molar-refractivity contribution in [3.63, 3.8) is 0 Å². The number of likely N-dealkylation sites (N-methyl/N-ethyl adjacent to an activating group) is 2. The lowest BCUT2D eigenvalue weighted by Gasteiger charge is -2.34. The second-order valence-electron chi connectivity index (χ2n) is 17.2. The van der Waals surface area contributed by atoms with Crippen LogP contribution in [-0.2, 0) is 14.4 Å². The number of hydrogen-bond acceptors (Lipinski definition) is 11. The Bertz CT molecular complexity index is 1920. The average Bonchev–Trinajstić information content (AvgIpc) is 3.82. The van der Waals surface area contributed by atoms with Gasteiger partial charge in [-0.15, -0.1) is 0 Å². The SMILES string of the molecule is C=NC1=C(N(C)CC=O)CCN(CCC2CCC(C(=O)O)CC2)C1.CC.CCC.CCC1C(c2cccc(-c3cccc(NC)c3C)c2Cl)=NC2=C1CN(C)C2.O=CCN1CC(O)C1. The van der Waals surface area contributed by atoms with Gasteiger partial charge in [0.05, 0.1) is 47.2 Å². The van der Waals surface area contributed by atoms with Crippen molar-refractivity contribution >= 4 is 48.3 Å². The molecule has 0 bridgehead atoms. The average molecular weight is 905 g/mol. The van der Waals surface area contributed by atoms with Crippen LogP contribution >= 0.6 is 11.6 Å². The van der Waals surface area contributed by atoms with Crippen molar-refractivity contribution < 1.29 is 24.6 Å². The fourth-order valence-corrected chi connectivity index (χ4v) is 9.37. The first-order valence-electron chi connectivity index (χ1n) is 23.5. The minimum absolute atomic E-state index is 0.133. The third kappa shape index (κ3) is 14.9. The minimum atomic E-state index is -0.636. The van der Waals surface area contributed by atoms with Crippen molar-refractivity contribution in [1.29, 1.82) is 0 Å². The quantitative estimate of drug-likeness (QED) is 0.125. The molecule has 1 saturated carbocycles. The Kier molecular flexibility index (Phi) is 23.7. The Morgan fingerprint density at radius 1 is 0.984 bits per heavy atom. The molecule has 64 heavy (non-hydrogen) atoms. The number of aliphatic imine (C=N–C) groups is 2. The number of likely N-dealkylation sites (tertiary alicyclic amines) is 1. The molecule has 2 aromatic carbocycles. The van der Waals surface area contributed by atoms with E-state index >= 15 is 0 Å². The van der Waals surface area contributed by atoms with Crippen molar-refractivity contribution in [3.05, 3.63) is 75.2 Å². The van der Waals surface area contributed by atoms with Crippen molar-refractivity contribution in [1.82, 2.24) is 19.6 Å². The highest BCUT2D eigenvalue weighted by Crippen LogP contribution is 2.41. The summed E-state index contributed by atoms with van der Waals surface area (Å²) in [4.78, 5) is 49.3. The molecule has 4 aliphatic heterocycles. The molecular weight excluding hydrogens is 826 g/mol. The molecular formula is C51H78ClN7O5. The molecule has 1 atom stereocenters. The van der Waals surface area contributed by atoms with E-state index in [0.29, 0.717) is 38.0 Å². The van der Waals surface area contributed by atoms with Gasteiger partial charge < -0.3 is 30.0 Å². The Labute approximate surface area is 389 Å². The summed E-state index contributed by atoms with van der Waals surface area (Å²) in [5.74, 6) is 0.251. The van der Waals surface area contributed by atoms with E-state index in [-0.39, 0.29) is 12.0 Å². The predicted octanol–water partition coefficient (Wildman–Crippen LogP) is 8.71. The van der Waals surface area contributed by atoms with Crippen LogP contribution in [0.4, 0.5) is 5.69 Å². The maximum atomic E-state index is 11.0. The molecule has 1 unspecified atom stereocenters. The summed E-state index contributed by atoms with van der Waals surface area (Å²) in [7, 11) is 6.03. The second-order valence-corrected chi connectivity index (χ2v) is 17.6. The van der Waals surface area contributed by atoms with Crippen LogP contribution in [0.5, 0.6) is 0 Å². The van der Waals surface area contributed by atoms with E-state index in [0.717, 1.165) is 129 Å². The zero-order chi connectivity index (χ0) is 47.3. The third-order valence-corrected chi connectivity index (χ3v) is 12.9. The number of anilines is 1. The number of β-amino-alcohol motifs (C(OH)–C–C–N with tert-alkyl or cyclic N) is 1. The summed E-state index contributed by atoms with van der Waals surface area (Å²) < 4.78 is 0. The number of halogens is 1. The number of carboxylic acids is 1. The van der Waals surface area contributed by atoms with Gasteiger partial charge in [-0.2, -0.15) is 0 Å². The number of carboxylic acid groups (broad SMARTS) is 1. The first-order chi connectivity index (χ1) is 30.8.